The molecule has 2 aromatic rings. The van der Waals surface area contributed by atoms with E-state index in [1.54, 1.807) is 0 Å². The predicted octanol–water partition coefficient (Wildman–Crippen LogP) is 1.07. The van der Waals surface area contributed by atoms with Crippen molar-refractivity contribution in [1.82, 2.24) is 19.6 Å². The Hall–Kier alpha value is -1.49. The van der Waals surface area contributed by atoms with Crippen molar-refractivity contribution in [3.63, 3.8) is 0 Å². The minimum atomic E-state index is 0.623. The van der Waals surface area contributed by atoms with Crippen LogP contribution in [0.5, 0.6) is 0 Å². The van der Waals surface area contributed by atoms with Gasteiger partial charge in [0.25, 0.3) is 0 Å². The van der Waals surface area contributed by atoms with E-state index >= 15 is 0 Å². The fourth-order valence-corrected chi connectivity index (χ4v) is 2.11. The zero-order chi connectivity index (χ0) is 11.1. The molecule has 0 radical (unpaired) electrons. The molecule has 5 heteroatoms. The van der Waals surface area contributed by atoms with Crippen LogP contribution < -0.4 is 0 Å². The van der Waals surface area contributed by atoms with Gasteiger partial charge in [0.1, 0.15) is 11.6 Å². The van der Waals surface area contributed by atoms with E-state index in [0.29, 0.717) is 6.61 Å². The Morgan fingerprint density at radius 1 is 1.38 bits per heavy atom. The summed E-state index contributed by atoms with van der Waals surface area (Å²) in [7, 11) is 0. The number of aryl methyl sites for hydroxylation is 2. The molecule has 3 heterocycles. The van der Waals surface area contributed by atoms with Gasteiger partial charge in [-0.3, -0.25) is 0 Å². The van der Waals surface area contributed by atoms with Crippen LogP contribution in [0.1, 0.15) is 29.8 Å². The van der Waals surface area contributed by atoms with Gasteiger partial charge < -0.3 is 4.74 Å². The van der Waals surface area contributed by atoms with Crippen molar-refractivity contribution in [1.29, 1.82) is 0 Å². The molecule has 84 valence electrons. The third-order valence-corrected chi connectivity index (χ3v) is 2.89. The Balaban J connectivity index is 2.33. The first kappa shape index (κ1) is 9.72. The van der Waals surface area contributed by atoms with Gasteiger partial charge in [-0.1, -0.05) is 6.92 Å². The lowest BCUT2D eigenvalue weighted by atomic mass is 10.2. The summed E-state index contributed by atoms with van der Waals surface area (Å²) in [5, 5.41) is 4.58. The molecular weight excluding hydrogens is 204 g/mol. The lowest BCUT2D eigenvalue weighted by Gasteiger charge is -2.09. The minimum Gasteiger partial charge on any atom is -0.376 e. The average Bonchev–Trinajstić information content (AvgIpc) is 2.67. The molecular formula is C11H14N4O. The third kappa shape index (κ3) is 1.31. The van der Waals surface area contributed by atoms with Crippen molar-refractivity contribution in [3.8, 4) is 0 Å². The molecule has 0 spiro atoms. The molecule has 1 aliphatic heterocycles. The van der Waals surface area contributed by atoms with Gasteiger partial charge in [0.2, 0.25) is 0 Å². The predicted molar refractivity (Wildman–Crippen MR) is 58.3 cm³/mol. The molecule has 0 aliphatic carbocycles. The van der Waals surface area contributed by atoms with Crippen molar-refractivity contribution in [2.45, 2.75) is 33.3 Å². The number of nitrogens with zero attached hydrogens (tertiary/aromatic N) is 4. The van der Waals surface area contributed by atoms with Crippen LogP contribution in [0.2, 0.25) is 0 Å². The highest BCUT2D eigenvalue weighted by molar-refractivity contribution is 5.50. The summed E-state index contributed by atoms with van der Waals surface area (Å²) in [6, 6.07) is 0. The molecule has 0 atom stereocenters. The fourth-order valence-electron chi connectivity index (χ4n) is 2.11. The summed E-state index contributed by atoms with van der Waals surface area (Å²) in [5.74, 6) is 1.77. The highest BCUT2D eigenvalue weighted by Crippen LogP contribution is 2.20. The summed E-state index contributed by atoms with van der Waals surface area (Å²) in [4.78, 5) is 8.88. The van der Waals surface area contributed by atoms with Gasteiger partial charge >= 0.3 is 0 Å². The van der Waals surface area contributed by atoms with Crippen LogP contribution in [-0.4, -0.2) is 26.2 Å². The van der Waals surface area contributed by atoms with Crippen LogP contribution in [0.15, 0.2) is 0 Å². The van der Waals surface area contributed by atoms with Crippen LogP contribution in [-0.2, 0) is 24.2 Å². The van der Waals surface area contributed by atoms with Gasteiger partial charge in [0.15, 0.2) is 5.65 Å². The second-order valence-electron chi connectivity index (χ2n) is 4.00. The summed E-state index contributed by atoms with van der Waals surface area (Å²) < 4.78 is 7.33. The summed E-state index contributed by atoms with van der Waals surface area (Å²) >= 11 is 0. The largest absolute Gasteiger partial charge is 0.376 e. The van der Waals surface area contributed by atoms with Gasteiger partial charge in [-0.25, -0.2) is 14.5 Å². The van der Waals surface area contributed by atoms with Crippen molar-refractivity contribution >= 4 is 5.65 Å². The van der Waals surface area contributed by atoms with E-state index in [-0.39, 0.29) is 0 Å². The van der Waals surface area contributed by atoms with Crippen LogP contribution >= 0.6 is 0 Å². The van der Waals surface area contributed by atoms with E-state index in [2.05, 4.69) is 22.0 Å². The van der Waals surface area contributed by atoms with Gasteiger partial charge in [-0.15, -0.1) is 0 Å². The van der Waals surface area contributed by atoms with Crippen LogP contribution in [0, 0.1) is 6.92 Å². The second-order valence-corrected chi connectivity index (χ2v) is 4.00. The number of hydrogen-bond acceptors (Lipinski definition) is 4. The monoisotopic (exact) mass is 218 g/mol. The molecule has 3 rings (SSSR count). The smallest absolute Gasteiger partial charge is 0.164 e. The molecule has 0 N–H and O–H groups in total. The van der Waals surface area contributed by atoms with E-state index in [1.807, 2.05) is 11.4 Å². The van der Waals surface area contributed by atoms with Crippen molar-refractivity contribution in [3.05, 3.63) is 22.9 Å². The van der Waals surface area contributed by atoms with E-state index in [4.69, 9.17) is 4.74 Å². The number of hydrogen-bond donors (Lipinski definition) is 0. The SMILES string of the molecule is CCc1nc(C)nc2c3c(nn12)CCOC3. The van der Waals surface area contributed by atoms with E-state index in [0.717, 1.165) is 48.0 Å². The number of rotatable bonds is 1. The Morgan fingerprint density at radius 2 is 2.25 bits per heavy atom. The molecule has 0 unspecified atom stereocenters. The molecule has 16 heavy (non-hydrogen) atoms. The first-order valence-corrected chi connectivity index (χ1v) is 5.61. The normalized spacial score (nSPS) is 15.4. The van der Waals surface area contributed by atoms with E-state index in [9.17, 15) is 0 Å². The Bertz CT molecular complexity index is 546. The number of aromatic nitrogens is 4. The first-order chi connectivity index (χ1) is 7.79. The quantitative estimate of drug-likeness (QED) is 0.718. The van der Waals surface area contributed by atoms with Crippen molar-refractivity contribution in [2.24, 2.45) is 0 Å². The Labute approximate surface area is 93.5 Å². The lowest BCUT2D eigenvalue weighted by Crippen LogP contribution is -2.08. The standard InChI is InChI=1S/C11H14N4O/c1-3-10-12-7(2)13-11-8-6-16-5-4-9(8)14-15(10)11/h3-6H2,1-2H3. The van der Waals surface area contributed by atoms with Crippen LogP contribution in [0.3, 0.4) is 0 Å². The molecule has 0 saturated carbocycles. The van der Waals surface area contributed by atoms with E-state index in [1.165, 1.54) is 0 Å². The van der Waals surface area contributed by atoms with Crippen LogP contribution in [0.25, 0.3) is 5.65 Å². The highest BCUT2D eigenvalue weighted by Gasteiger charge is 2.19. The zero-order valence-electron chi connectivity index (χ0n) is 9.53. The summed E-state index contributed by atoms with van der Waals surface area (Å²) in [5.41, 5.74) is 3.16. The molecule has 2 aromatic heterocycles. The number of fused-ring (bicyclic) bond motifs is 3. The molecule has 0 amide bonds. The van der Waals surface area contributed by atoms with Crippen molar-refractivity contribution < 1.29 is 4.74 Å². The maximum atomic E-state index is 5.46. The summed E-state index contributed by atoms with van der Waals surface area (Å²) in [6.07, 6.45) is 1.74. The Kier molecular flexibility index (Phi) is 2.14. The molecule has 0 bridgehead atoms. The fraction of sp³-hybridized carbons (Fsp3) is 0.545. The molecule has 0 aromatic carbocycles. The van der Waals surface area contributed by atoms with Gasteiger partial charge in [-0.2, -0.15) is 5.10 Å². The van der Waals surface area contributed by atoms with Gasteiger partial charge in [0, 0.05) is 18.4 Å². The maximum absolute atomic E-state index is 5.46. The highest BCUT2D eigenvalue weighted by atomic mass is 16.5. The lowest BCUT2D eigenvalue weighted by molar-refractivity contribution is 0.111. The van der Waals surface area contributed by atoms with Crippen LogP contribution in [0.4, 0.5) is 0 Å². The van der Waals surface area contributed by atoms with Crippen molar-refractivity contribution in [2.75, 3.05) is 6.61 Å². The summed E-state index contributed by atoms with van der Waals surface area (Å²) in [6.45, 7) is 5.38. The second kappa shape index (κ2) is 3.52. The Morgan fingerprint density at radius 3 is 3.06 bits per heavy atom. The topological polar surface area (TPSA) is 52.3 Å². The van der Waals surface area contributed by atoms with Gasteiger partial charge in [0.05, 0.1) is 18.9 Å². The third-order valence-electron chi connectivity index (χ3n) is 2.89. The van der Waals surface area contributed by atoms with Gasteiger partial charge in [-0.05, 0) is 6.92 Å². The first-order valence-electron chi connectivity index (χ1n) is 5.61. The average molecular weight is 218 g/mol. The van der Waals surface area contributed by atoms with E-state index < -0.39 is 0 Å². The molecule has 0 saturated heterocycles. The zero-order valence-corrected chi connectivity index (χ0v) is 9.53. The molecule has 5 nitrogen and oxygen atoms in total. The molecule has 0 fully saturated rings. The maximum Gasteiger partial charge on any atom is 0.164 e. The molecule has 1 aliphatic rings. The number of ether oxygens (including phenoxy) is 1. The minimum absolute atomic E-state index is 0.623.